The van der Waals surface area contributed by atoms with E-state index in [2.05, 4.69) is 12.6 Å². The SMILES string of the molecule is CC(C)(O)C(=O)[S-]. The van der Waals surface area contributed by atoms with Crippen molar-refractivity contribution in [1.82, 2.24) is 0 Å². The van der Waals surface area contributed by atoms with E-state index in [1.165, 1.54) is 13.8 Å². The van der Waals surface area contributed by atoms with E-state index in [-0.39, 0.29) is 0 Å². The first-order valence-electron chi connectivity index (χ1n) is 1.88. The lowest BCUT2D eigenvalue weighted by Crippen LogP contribution is -2.28. The maximum Gasteiger partial charge on any atom is 0.0956 e. The fourth-order valence-electron chi connectivity index (χ4n) is 0. The van der Waals surface area contributed by atoms with Gasteiger partial charge in [-0.05, 0) is 13.8 Å². The average molecular weight is 119 g/mol. The molecule has 0 fully saturated rings. The summed E-state index contributed by atoms with van der Waals surface area (Å²) in [5.74, 6) is 0. The van der Waals surface area contributed by atoms with Crippen LogP contribution >= 0.6 is 0 Å². The van der Waals surface area contributed by atoms with Crippen LogP contribution in [0.4, 0.5) is 0 Å². The van der Waals surface area contributed by atoms with Gasteiger partial charge in [-0.25, -0.2) is 0 Å². The van der Waals surface area contributed by atoms with Crippen molar-refractivity contribution < 1.29 is 9.90 Å². The van der Waals surface area contributed by atoms with E-state index in [9.17, 15) is 4.79 Å². The molecule has 3 heteroatoms. The molecule has 0 aromatic heterocycles. The van der Waals surface area contributed by atoms with Crippen LogP contribution in [0.3, 0.4) is 0 Å². The van der Waals surface area contributed by atoms with E-state index in [0.717, 1.165) is 0 Å². The monoisotopic (exact) mass is 119 g/mol. The molecule has 0 bridgehead atoms. The average Bonchev–Trinajstić information content (AvgIpc) is 1.31. The molecule has 0 aromatic rings. The van der Waals surface area contributed by atoms with Crippen LogP contribution in [0.15, 0.2) is 0 Å². The van der Waals surface area contributed by atoms with E-state index in [0.29, 0.717) is 0 Å². The van der Waals surface area contributed by atoms with Gasteiger partial charge in [0.1, 0.15) is 0 Å². The Morgan fingerprint density at radius 3 is 1.86 bits per heavy atom. The van der Waals surface area contributed by atoms with Crippen LogP contribution in [-0.2, 0) is 17.4 Å². The third-order valence-corrected chi connectivity index (χ3v) is 0.999. The minimum atomic E-state index is -1.32. The molecule has 0 unspecified atom stereocenters. The molecule has 0 heterocycles. The van der Waals surface area contributed by atoms with Gasteiger partial charge in [0.25, 0.3) is 0 Å². The Kier molecular flexibility index (Phi) is 1.72. The summed E-state index contributed by atoms with van der Waals surface area (Å²) < 4.78 is 0. The number of rotatable bonds is 1. The summed E-state index contributed by atoms with van der Waals surface area (Å²) in [6.45, 7) is 2.73. The molecular weight excluding hydrogens is 112 g/mol. The lowest BCUT2D eigenvalue weighted by Gasteiger charge is -2.18. The first-order chi connectivity index (χ1) is 2.94. The minimum absolute atomic E-state index is 0.618. The van der Waals surface area contributed by atoms with E-state index in [4.69, 9.17) is 5.11 Å². The van der Waals surface area contributed by atoms with Gasteiger partial charge in [-0.1, -0.05) is 0 Å². The Bertz CT molecular complexity index is 82.2. The molecule has 0 spiro atoms. The molecule has 0 aliphatic rings. The van der Waals surface area contributed by atoms with Gasteiger partial charge in [0, 0.05) is 5.12 Å². The predicted octanol–water partition coefficient (Wildman–Crippen LogP) is -0.169. The number of aliphatic hydroxyl groups is 1. The van der Waals surface area contributed by atoms with Crippen molar-refractivity contribution in [2.75, 3.05) is 0 Å². The van der Waals surface area contributed by atoms with Crippen LogP contribution in [-0.4, -0.2) is 15.8 Å². The Balaban J connectivity index is 3.79. The van der Waals surface area contributed by atoms with Gasteiger partial charge in [0.2, 0.25) is 0 Å². The second-order valence-corrected chi connectivity index (χ2v) is 2.22. The summed E-state index contributed by atoms with van der Waals surface area (Å²) >= 11 is 4.13. The molecule has 0 amide bonds. The Hall–Kier alpha value is -0.150. The standard InChI is InChI=1S/C4H8O2S/c1-4(2,6)3(5)7/h6H,1-2H3,(H,5,7)/p-1. The molecule has 2 nitrogen and oxygen atoms in total. The van der Waals surface area contributed by atoms with Gasteiger partial charge in [-0.3, -0.25) is 0 Å². The van der Waals surface area contributed by atoms with Crippen molar-refractivity contribution in [1.29, 1.82) is 0 Å². The normalized spacial score (nSPS) is 11.3. The summed E-state index contributed by atoms with van der Waals surface area (Å²) in [5, 5.41) is 8.02. The lowest BCUT2D eigenvalue weighted by molar-refractivity contribution is -0.124. The number of carbonyl (C=O) groups is 1. The zero-order valence-corrected chi connectivity index (χ0v) is 5.08. The fraction of sp³-hybridized carbons (Fsp3) is 0.750. The number of carbonyl (C=O) groups excluding carboxylic acids is 1. The first-order valence-corrected chi connectivity index (χ1v) is 2.29. The molecule has 0 aliphatic carbocycles. The van der Waals surface area contributed by atoms with Crippen molar-refractivity contribution in [3.8, 4) is 0 Å². The fourth-order valence-corrected chi connectivity index (χ4v) is 0. The molecule has 7 heavy (non-hydrogen) atoms. The predicted molar refractivity (Wildman–Crippen MR) is 28.7 cm³/mol. The van der Waals surface area contributed by atoms with Gasteiger partial charge >= 0.3 is 0 Å². The van der Waals surface area contributed by atoms with Crippen LogP contribution in [0.5, 0.6) is 0 Å². The minimum Gasteiger partial charge on any atom is -0.739 e. The van der Waals surface area contributed by atoms with Crippen LogP contribution in [0.2, 0.25) is 0 Å². The maximum atomic E-state index is 10.0. The zero-order valence-electron chi connectivity index (χ0n) is 4.26. The molecule has 0 aliphatic heterocycles. The summed E-state index contributed by atoms with van der Waals surface area (Å²) in [5.41, 5.74) is -1.32. The van der Waals surface area contributed by atoms with Crippen molar-refractivity contribution >= 4 is 17.7 Å². The zero-order chi connectivity index (χ0) is 6.08. The molecule has 42 valence electrons. The second-order valence-electron chi connectivity index (χ2n) is 1.85. The molecule has 0 atom stereocenters. The number of hydrogen-bond acceptors (Lipinski definition) is 3. The van der Waals surface area contributed by atoms with Gasteiger partial charge in [-0.2, -0.15) is 0 Å². The van der Waals surface area contributed by atoms with Crippen LogP contribution in [0.1, 0.15) is 13.8 Å². The molecule has 0 saturated carbocycles. The van der Waals surface area contributed by atoms with Gasteiger partial charge in [0.05, 0.1) is 5.60 Å². The summed E-state index contributed by atoms with van der Waals surface area (Å²) in [7, 11) is 0. The maximum absolute atomic E-state index is 10.0. The second kappa shape index (κ2) is 1.76. The van der Waals surface area contributed by atoms with Crippen LogP contribution in [0, 0.1) is 0 Å². The van der Waals surface area contributed by atoms with Gasteiger partial charge < -0.3 is 22.5 Å². The van der Waals surface area contributed by atoms with E-state index in [1.807, 2.05) is 0 Å². The topological polar surface area (TPSA) is 37.3 Å². The largest absolute Gasteiger partial charge is 0.739 e. The smallest absolute Gasteiger partial charge is 0.0956 e. The highest BCUT2D eigenvalue weighted by Gasteiger charge is 2.10. The van der Waals surface area contributed by atoms with Crippen LogP contribution < -0.4 is 0 Å². The Labute approximate surface area is 47.9 Å². The van der Waals surface area contributed by atoms with Crippen molar-refractivity contribution in [2.45, 2.75) is 19.4 Å². The Morgan fingerprint density at radius 1 is 1.71 bits per heavy atom. The molecule has 0 rings (SSSR count). The summed E-state index contributed by atoms with van der Waals surface area (Å²) in [4.78, 5) is 10.0. The van der Waals surface area contributed by atoms with Gasteiger partial charge in [-0.15, -0.1) is 0 Å². The summed E-state index contributed by atoms with van der Waals surface area (Å²) in [6.07, 6.45) is 0. The molecular formula is C4H7O2S-. The highest BCUT2D eigenvalue weighted by molar-refractivity contribution is 7.77. The van der Waals surface area contributed by atoms with Gasteiger partial charge in [0.15, 0.2) is 0 Å². The van der Waals surface area contributed by atoms with Crippen molar-refractivity contribution in [2.24, 2.45) is 0 Å². The highest BCUT2D eigenvalue weighted by Crippen LogP contribution is 1.98. The van der Waals surface area contributed by atoms with Crippen LogP contribution in [0.25, 0.3) is 0 Å². The van der Waals surface area contributed by atoms with Crippen molar-refractivity contribution in [3.63, 3.8) is 0 Å². The highest BCUT2D eigenvalue weighted by atomic mass is 32.1. The first kappa shape index (κ1) is 6.85. The molecule has 0 radical (unpaired) electrons. The summed E-state index contributed by atoms with van der Waals surface area (Å²) in [6, 6.07) is 0. The quantitative estimate of drug-likeness (QED) is 0.487. The third-order valence-electron chi connectivity index (χ3n) is 0.500. The molecule has 0 aromatic carbocycles. The lowest BCUT2D eigenvalue weighted by atomic mass is 10.2. The van der Waals surface area contributed by atoms with E-state index >= 15 is 0 Å². The van der Waals surface area contributed by atoms with E-state index in [1.54, 1.807) is 0 Å². The Morgan fingerprint density at radius 2 is 1.86 bits per heavy atom. The molecule has 0 saturated heterocycles. The molecule has 1 N–H and O–H groups in total. The number of hydrogen-bond donors (Lipinski definition) is 1. The third kappa shape index (κ3) is 2.53. The van der Waals surface area contributed by atoms with Crippen molar-refractivity contribution in [3.05, 3.63) is 0 Å². The van der Waals surface area contributed by atoms with E-state index < -0.39 is 10.7 Å².